The van der Waals surface area contributed by atoms with Gasteiger partial charge in [-0.15, -0.1) is 0 Å². The molecule has 19 heavy (non-hydrogen) atoms. The van der Waals surface area contributed by atoms with Gasteiger partial charge in [0, 0.05) is 19.0 Å². The summed E-state index contributed by atoms with van der Waals surface area (Å²) < 4.78 is 5.55. The van der Waals surface area contributed by atoms with Crippen molar-refractivity contribution in [3.8, 4) is 6.07 Å². The Morgan fingerprint density at radius 3 is 2.89 bits per heavy atom. The Hall–Kier alpha value is -2.28. The van der Waals surface area contributed by atoms with Crippen LogP contribution < -0.4 is 0 Å². The second kappa shape index (κ2) is 5.15. The lowest BCUT2D eigenvalue weighted by Crippen LogP contribution is -2.30. The summed E-state index contributed by atoms with van der Waals surface area (Å²) in [5.41, 5.74) is 1.83. The van der Waals surface area contributed by atoms with Crippen LogP contribution in [0.15, 0.2) is 28.7 Å². The third-order valence-electron chi connectivity index (χ3n) is 3.00. The van der Waals surface area contributed by atoms with Crippen LogP contribution in [0.25, 0.3) is 11.0 Å². The van der Waals surface area contributed by atoms with E-state index in [9.17, 15) is 4.79 Å². The lowest BCUT2D eigenvalue weighted by atomic mass is 10.2. The zero-order valence-corrected chi connectivity index (χ0v) is 11.3. The molecule has 0 bridgehead atoms. The first kappa shape index (κ1) is 13.2. The molecule has 0 spiro atoms. The van der Waals surface area contributed by atoms with Crippen LogP contribution in [0, 0.1) is 24.2 Å². The summed E-state index contributed by atoms with van der Waals surface area (Å²) in [6, 6.07) is 9.65. The number of hydrogen-bond donors (Lipinski definition) is 0. The van der Waals surface area contributed by atoms with Gasteiger partial charge in [-0.25, -0.2) is 0 Å². The first-order valence-corrected chi connectivity index (χ1v) is 6.16. The normalized spacial score (nSPS) is 12.1. The largest absolute Gasteiger partial charge is 0.451 e. The van der Waals surface area contributed by atoms with Crippen molar-refractivity contribution in [2.75, 3.05) is 13.6 Å². The number of amides is 1. The highest BCUT2D eigenvalue weighted by molar-refractivity contribution is 5.96. The van der Waals surface area contributed by atoms with E-state index in [1.807, 2.05) is 25.1 Å². The lowest BCUT2D eigenvalue weighted by Gasteiger charge is -2.16. The zero-order chi connectivity index (χ0) is 14.0. The zero-order valence-electron chi connectivity index (χ0n) is 11.3. The van der Waals surface area contributed by atoms with E-state index in [1.54, 1.807) is 20.0 Å². The smallest absolute Gasteiger partial charge is 0.289 e. The number of nitriles is 1. The van der Waals surface area contributed by atoms with E-state index >= 15 is 0 Å². The van der Waals surface area contributed by atoms with Crippen molar-refractivity contribution < 1.29 is 9.21 Å². The number of furan rings is 1. The third-order valence-corrected chi connectivity index (χ3v) is 3.00. The van der Waals surface area contributed by atoms with Crippen molar-refractivity contribution in [2.24, 2.45) is 5.92 Å². The monoisotopic (exact) mass is 256 g/mol. The van der Waals surface area contributed by atoms with E-state index in [1.165, 1.54) is 4.90 Å². The summed E-state index contributed by atoms with van der Waals surface area (Å²) in [5.74, 6) is -0.0789. The number of rotatable bonds is 3. The number of carbonyl (C=O) groups is 1. The van der Waals surface area contributed by atoms with Crippen LogP contribution in [0.1, 0.15) is 23.0 Å². The van der Waals surface area contributed by atoms with Crippen LogP contribution in [0.2, 0.25) is 0 Å². The molecule has 1 aromatic carbocycles. The van der Waals surface area contributed by atoms with Crippen molar-refractivity contribution >= 4 is 16.9 Å². The van der Waals surface area contributed by atoms with Crippen LogP contribution in [0.4, 0.5) is 0 Å². The lowest BCUT2D eigenvalue weighted by molar-refractivity contribution is 0.0756. The van der Waals surface area contributed by atoms with E-state index in [4.69, 9.17) is 9.68 Å². The minimum Gasteiger partial charge on any atom is -0.451 e. The maximum absolute atomic E-state index is 12.2. The molecule has 98 valence electrons. The number of nitrogens with zero attached hydrogens (tertiary/aromatic N) is 2. The number of fused-ring (bicyclic) bond motifs is 1. The molecule has 2 aromatic rings. The Morgan fingerprint density at radius 1 is 1.47 bits per heavy atom. The van der Waals surface area contributed by atoms with Gasteiger partial charge < -0.3 is 9.32 Å². The fraction of sp³-hybridized carbons (Fsp3) is 0.333. The molecule has 2 rings (SSSR count). The summed E-state index contributed by atoms with van der Waals surface area (Å²) in [4.78, 5) is 13.7. The molecule has 1 heterocycles. The maximum atomic E-state index is 12.2. The second-order valence-electron chi connectivity index (χ2n) is 4.87. The average Bonchev–Trinajstić information content (AvgIpc) is 2.80. The van der Waals surface area contributed by atoms with E-state index in [0.717, 1.165) is 10.9 Å². The molecule has 0 saturated carbocycles. The molecule has 0 saturated heterocycles. The molecule has 1 unspecified atom stereocenters. The molecule has 0 aliphatic carbocycles. The standard InChI is InChI=1S/C15H16N2O2/c1-10-4-5-13-12(6-10)7-14(19-13)15(18)17(3)9-11(2)8-16/h4-7,11H,9H2,1-3H3. The van der Waals surface area contributed by atoms with Crippen LogP contribution in [-0.4, -0.2) is 24.4 Å². The van der Waals surface area contributed by atoms with Gasteiger partial charge in [-0.1, -0.05) is 11.6 Å². The molecular formula is C15H16N2O2. The molecule has 4 nitrogen and oxygen atoms in total. The second-order valence-corrected chi connectivity index (χ2v) is 4.87. The van der Waals surface area contributed by atoms with Crippen LogP contribution in [0.3, 0.4) is 0 Å². The highest BCUT2D eigenvalue weighted by Gasteiger charge is 2.18. The summed E-state index contributed by atoms with van der Waals surface area (Å²) in [6.45, 7) is 4.17. The SMILES string of the molecule is Cc1ccc2oc(C(=O)N(C)CC(C)C#N)cc2c1. The predicted octanol–water partition coefficient (Wildman–Crippen LogP) is 2.97. The van der Waals surface area contributed by atoms with Gasteiger partial charge in [-0.3, -0.25) is 4.79 Å². The summed E-state index contributed by atoms with van der Waals surface area (Å²) in [7, 11) is 1.68. The molecule has 0 N–H and O–H groups in total. The van der Waals surface area contributed by atoms with Gasteiger partial charge in [0.15, 0.2) is 5.76 Å². The molecule has 0 radical (unpaired) electrons. The molecule has 1 atom stereocenters. The van der Waals surface area contributed by atoms with E-state index in [0.29, 0.717) is 17.9 Å². The Balaban J connectivity index is 2.24. The quantitative estimate of drug-likeness (QED) is 0.848. The highest BCUT2D eigenvalue weighted by atomic mass is 16.3. The number of carbonyl (C=O) groups excluding carboxylic acids is 1. The van der Waals surface area contributed by atoms with Gasteiger partial charge in [0.2, 0.25) is 0 Å². The van der Waals surface area contributed by atoms with E-state index in [-0.39, 0.29) is 11.8 Å². The molecule has 0 aliphatic heterocycles. The fourth-order valence-electron chi connectivity index (χ4n) is 1.99. The molecule has 0 aliphatic rings. The minimum absolute atomic E-state index is 0.194. The molecular weight excluding hydrogens is 240 g/mol. The molecule has 0 fully saturated rings. The molecule has 4 heteroatoms. The summed E-state index contributed by atoms with van der Waals surface area (Å²) in [5, 5.41) is 9.69. The third kappa shape index (κ3) is 2.76. The van der Waals surface area contributed by atoms with Crippen molar-refractivity contribution in [3.63, 3.8) is 0 Å². The van der Waals surface area contributed by atoms with E-state index in [2.05, 4.69) is 6.07 Å². The van der Waals surface area contributed by atoms with Gasteiger partial charge in [0.05, 0.1) is 12.0 Å². The highest BCUT2D eigenvalue weighted by Crippen LogP contribution is 2.21. The van der Waals surface area contributed by atoms with Crippen molar-refractivity contribution in [1.82, 2.24) is 4.90 Å². The van der Waals surface area contributed by atoms with Gasteiger partial charge >= 0.3 is 0 Å². The first-order valence-electron chi connectivity index (χ1n) is 6.16. The molecule has 1 aromatic heterocycles. The summed E-state index contributed by atoms with van der Waals surface area (Å²) >= 11 is 0. The topological polar surface area (TPSA) is 57.2 Å². The van der Waals surface area contributed by atoms with Gasteiger partial charge in [-0.05, 0) is 32.0 Å². The molecule has 1 amide bonds. The number of hydrogen-bond acceptors (Lipinski definition) is 3. The predicted molar refractivity (Wildman–Crippen MR) is 72.7 cm³/mol. The Morgan fingerprint density at radius 2 is 2.21 bits per heavy atom. The maximum Gasteiger partial charge on any atom is 0.289 e. The van der Waals surface area contributed by atoms with Crippen molar-refractivity contribution in [3.05, 3.63) is 35.6 Å². The number of aryl methyl sites for hydroxylation is 1. The fourth-order valence-corrected chi connectivity index (χ4v) is 1.99. The van der Waals surface area contributed by atoms with Gasteiger partial charge in [-0.2, -0.15) is 5.26 Å². The minimum atomic E-state index is -0.198. The van der Waals surface area contributed by atoms with Crippen molar-refractivity contribution in [2.45, 2.75) is 13.8 Å². The Kier molecular flexibility index (Phi) is 3.57. The van der Waals surface area contributed by atoms with E-state index < -0.39 is 0 Å². The van der Waals surface area contributed by atoms with Crippen LogP contribution in [0.5, 0.6) is 0 Å². The van der Waals surface area contributed by atoms with Gasteiger partial charge in [0.1, 0.15) is 5.58 Å². The van der Waals surface area contributed by atoms with Gasteiger partial charge in [0.25, 0.3) is 5.91 Å². The average molecular weight is 256 g/mol. The number of benzene rings is 1. The summed E-state index contributed by atoms with van der Waals surface area (Å²) in [6.07, 6.45) is 0. The van der Waals surface area contributed by atoms with Crippen molar-refractivity contribution in [1.29, 1.82) is 5.26 Å². The van der Waals surface area contributed by atoms with Crippen LogP contribution >= 0.6 is 0 Å². The first-order chi connectivity index (χ1) is 9.01. The Labute approximate surface area is 112 Å². The van der Waals surface area contributed by atoms with Crippen LogP contribution in [-0.2, 0) is 0 Å². The Bertz CT molecular complexity index is 652.